The van der Waals surface area contributed by atoms with Crippen molar-refractivity contribution in [1.29, 1.82) is 0 Å². The van der Waals surface area contributed by atoms with Crippen LogP contribution in [-0.2, 0) is 11.3 Å². The van der Waals surface area contributed by atoms with E-state index < -0.39 is 11.8 Å². The van der Waals surface area contributed by atoms with Crippen LogP contribution in [0.3, 0.4) is 0 Å². The Labute approximate surface area is 188 Å². The van der Waals surface area contributed by atoms with Crippen molar-refractivity contribution in [3.05, 3.63) is 40.6 Å². The molecule has 2 rings (SSSR count). The zero-order valence-corrected chi connectivity index (χ0v) is 19.5. The predicted octanol–water partition coefficient (Wildman–Crippen LogP) is 4.40. The average Bonchev–Trinajstić information content (AvgIpc) is 3.04. The molecule has 0 bridgehead atoms. The van der Waals surface area contributed by atoms with Crippen molar-refractivity contribution in [3.8, 4) is 23.1 Å². The second-order valence-corrected chi connectivity index (χ2v) is 7.04. The van der Waals surface area contributed by atoms with Crippen molar-refractivity contribution in [3.63, 3.8) is 0 Å². The van der Waals surface area contributed by atoms with Gasteiger partial charge in [-0.3, -0.25) is 4.79 Å². The van der Waals surface area contributed by atoms with Gasteiger partial charge in [0.1, 0.15) is 0 Å². The molecule has 0 radical (unpaired) electrons. The lowest BCUT2D eigenvalue weighted by molar-refractivity contribution is 0.0522. The summed E-state index contributed by atoms with van der Waals surface area (Å²) in [6.45, 7) is 6.06. The molecular weight excluding hydrogens is 414 g/mol. The number of benzene rings is 1. The van der Waals surface area contributed by atoms with Gasteiger partial charge in [-0.2, -0.15) is 0 Å². The zero-order chi connectivity index (χ0) is 23.8. The molecule has 0 aliphatic rings. The highest BCUT2D eigenvalue weighted by Gasteiger charge is 2.29. The first-order valence-corrected chi connectivity index (χ1v) is 10.5. The van der Waals surface area contributed by atoms with E-state index in [0.717, 1.165) is 12.8 Å². The number of methoxy groups -OCH3 is 3. The van der Waals surface area contributed by atoms with Crippen LogP contribution in [0.25, 0.3) is 6.08 Å². The number of aromatic hydroxyl groups is 1. The van der Waals surface area contributed by atoms with Gasteiger partial charge in [0, 0.05) is 12.2 Å². The number of hydrogen-bond donors (Lipinski definition) is 1. The number of rotatable bonds is 11. The summed E-state index contributed by atoms with van der Waals surface area (Å²) in [6.07, 6.45) is 4.54. The SMILES string of the molecule is CCCCn1c(C)c(C(=O)OCC)c(C(=O)/C=C/c2cc(OC)c(OC)c(OC)c2)c1O. The summed E-state index contributed by atoms with van der Waals surface area (Å²) in [6, 6.07) is 3.38. The van der Waals surface area contributed by atoms with Crippen LogP contribution in [0.2, 0.25) is 0 Å². The van der Waals surface area contributed by atoms with Crippen LogP contribution in [0.5, 0.6) is 23.1 Å². The molecule has 32 heavy (non-hydrogen) atoms. The molecule has 0 spiro atoms. The number of carbonyl (C=O) groups is 2. The highest BCUT2D eigenvalue weighted by atomic mass is 16.5. The average molecular weight is 446 g/mol. The van der Waals surface area contributed by atoms with Gasteiger partial charge in [-0.15, -0.1) is 0 Å². The van der Waals surface area contributed by atoms with Gasteiger partial charge in [0.25, 0.3) is 0 Å². The number of unbranched alkanes of at least 4 members (excludes halogenated alkanes) is 1. The molecule has 2 aromatic rings. The molecule has 0 unspecified atom stereocenters. The van der Waals surface area contributed by atoms with Gasteiger partial charge in [-0.1, -0.05) is 19.4 Å². The van der Waals surface area contributed by atoms with Crippen LogP contribution in [-0.4, -0.2) is 49.4 Å². The molecule has 8 nitrogen and oxygen atoms in total. The maximum Gasteiger partial charge on any atom is 0.340 e. The van der Waals surface area contributed by atoms with Crippen LogP contribution in [0, 0.1) is 6.92 Å². The molecule has 0 fully saturated rings. The number of hydrogen-bond acceptors (Lipinski definition) is 7. The number of aromatic nitrogens is 1. The molecule has 1 aromatic heterocycles. The Balaban J connectivity index is 2.51. The molecule has 0 saturated heterocycles. The standard InChI is InChI=1S/C24H31NO7/c1-7-9-12-25-15(3)20(24(28)32-8-2)21(23(25)27)17(26)11-10-16-13-18(29-4)22(31-6)19(14-16)30-5/h10-11,13-14,27H,7-9,12H2,1-6H3/b11-10+. The second-order valence-electron chi connectivity index (χ2n) is 7.04. The molecule has 174 valence electrons. The summed E-state index contributed by atoms with van der Waals surface area (Å²) >= 11 is 0. The lowest BCUT2D eigenvalue weighted by Gasteiger charge is -2.12. The molecule has 1 heterocycles. The summed E-state index contributed by atoms with van der Waals surface area (Å²) in [4.78, 5) is 25.7. The smallest absolute Gasteiger partial charge is 0.340 e. The first-order chi connectivity index (χ1) is 15.3. The van der Waals surface area contributed by atoms with E-state index in [4.69, 9.17) is 18.9 Å². The second kappa shape index (κ2) is 11.3. The molecular formula is C24H31NO7. The number of ketones is 1. The van der Waals surface area contributed by atoms with Crippen LogP contribution < -0.4 is 14.2 Å². The van der Waals surface area contributed by atoms with E-state index in [1.165, 1.54) is 27.4 Å². The van der Waals surface area contributed by atoms with E-state index in [0.29, 0.717) is 35.1 Å². The van der Waals surface area contributed by atoms with Crippen LogP contribution in [0.15, 0.2) is 18.2 Å². The van der Waals surface area contributed by atoms with Crippen molar-refractivity contribution in [2.45, 2.75) is 40.2 Å². The summed E-state index contributed by atoms with van der Waals surface area (Å²) in [5.41, 5.74) is 1.13. The van der Waals surface area contributed by atoms with E-state index in [9.17, 15) is 14.7 Å². The Hall–Kier alpha value is -3.42. The van der Waals surface area contributed by atoms with E-state index in [2.05, 4.69) is 0 Å². The number of ether oxygens (including phenoxy) is 4. The lowest BCUT2D eigenvalue weighted by atomic mass is 10.1. The third-order valence-electron chi connectivity index (χ3n) is 5.07. The minimum Gasteiger partial charge on any atom is -0.494 e. The maximum atomic E-state index is 13.1. The Bertz CT molecular complexity index is 979. The van der Waals surface area contributed by atoms with E-state index in [-0.39, 0.29) is 23.6 Å². The van der Waals surface area contributed by atoms with Crippen molar-refractivity contribution < 1.29 is 33.6 Å². The van der Waals surface area contributed by atoms with Crippen molar-refractivity contribution in [2.24, 2.45) is 0 Å². The van der Waals surface area contributed by atoms with Crippen molar-refractivity contribution in [2.75, 3.05) is 27.9 Å². The summed E-state index contributed by atoms with van der Waals surface area (Å²) in [5.74, 6) is -0.0771. The zero-order valence-electron chi connectivity index (χ0n) is 19.5. The minimum absolute atomic E-state index is 0.0688. The number of esters is 1. The fraction of sp³-hybridized carbons (Fsp3) is 0.417. The van der Waals surface area contributed by atoms with E-state index in [1.807, 2.05) is 6.92 Å². The Morgan fingerprint density at radius 3 is 2.16 bits per heavy atom. The van der Waals surface area contributed by atoms with Gasteiger partial charge < -0.3 is 28.6 Å². The monoisotopic (exact) mass is 445 g/mol. The summed E-state index contributed by atoms with van der Waals surface area (Å²) in [5, 5.41) is 10.8. The first-order valence-electron chi connectivity index (χ1n) is 10.5. The van der Waals surface area contributed by atoms with Gasteiger partial charge in [0.15, 0.2) is 17.3 Å². The number of nitrogens with zero attached hydrogens (tertiary/aromatic N) is 1. The molecule has 0 saturated carbocycles. The molecule has 0 amide bonds. The van der Waals surface area contributed by atoms with Gasteiger partial charge in [0.2, 0.25) is 11.6 Å². The molecule has 0 atom stereocenters. The van der Waals surface area contributed by atoms with E-state index in [1.54, 1.807) is 36.6 Å². The van der Waals surface area contributed by atoms with Gasteiger partial charge in [-0.05, 0) is 44.0 Å². The first kappa shape index (κ1) is 24.8. The third-order valence-corrected chi connectivity index (χ3v) is 5.07. The number of carbonyl (C=O) groups excluding carboxylic acids is 2. The molecule has 8 heteroatoms. The van der Waals surface area contributed by atoms with Crippen LogP contribution >= 0.6 is 0 Å². The highest BCUT2D eigenvalue weighted by molar-refractivity contribution is 6.15. The van der Waals surface area contributed by atoms with Crippen molar-refractivity contribution in [1.82, 2.24) is 4.57 Å². The molecule has 0 aliphatic carbocycles. The minimum atomic E-state index is -0.639. The van der Waals surface area contributed by atoms with Crippen LogP contribution in [0.1, 0.15) is 58.7 Å². The number of allylic oxidation sites excluding steroid dienone is 1. The van der Waals surface area contributed by atoms with E-state index >= 15 is 0 Å². The van der Waals surface area contributed by atoms with Crippen molar-refractivity contribution >= 4 is 17.8 Å². The molecule has 1 N–H and O–H groups in total. The Morgan fingerprint density at radius 2 is 1.66 bits per heavy atom. The third kappa shape index (κ3) is 5.07. The molecule has 0 aliphatic heterocycles. The Kier molecular flexibility index (Phi) is 8.75. The Morgan fingerprint density at radius 1 is 1.03 bits per heavy atom. The maximum absolute atomic E-state index is 13.1. The van der Waals surface area contributed by atoms with Crippen LogP contribution in [0.4, 0.5) is 0 Å². The molecule has 1 aromatic carbocycles. The fourth-order valence-corrected chi connectivity index (χ4v) is 3.45. The quantitative estimate of drug-likeness (QED) is 0.311. The van der Waals surface area contributed by atoms with Gasteiger partial charge >= 0.3 is 5.97 Å². The topological polar surface area (TPSA) is 96.2 Å². The highest BCUT2D eigenvalue weighted by Crippen LogP contribution is 2.38. The van der Waals surface area contributed by atoms with Gasteiger partial charge in [0.05, 0.1) is 39.1 Å². The summed E-state index contributed by atoms with van der Waals surface area (Å²) in [7, 11) is 4.51. The predicted molar refractivity (Wildman–Crippen MR) is 121 cm³/mol. The van der Waals surface area contributed by atoms with Gasteiger partial charge in [-0.25, -0.2) is 4.79 Å². The lowest BCUT2D eigenvalue weighted by Crippen LogP contribution is -2.10. The largest absolute Gasteiger partial charge is 0.494 e. The summed E-state index contributed by atoms with van der Waals surface area (Å²) < 4.78 is 22.7. The normalized spacial score (nSPS) is 10.9. The fourth-order valence-electron chi connectivity index (χ4n) is 3.45.